The SMILES string of the molecule is Cc1cccc(NC(=S)N2CCC(N(C)CCN3CCOCC3)CC2)c1. The number of hydrogen-bond donors (Lipinski definition) is 1. The summed E-state index contributed by atoms with van der Waals surface area (Å²) in [6.07, 6.45) is 2.35. The number of thiocarbonyl (C=S) groups is 1. The van der Waals surface area contributed by atoms with E-state index in [0.29, 0.717) is 6.04 Å². The summed E-state index contributed by atoms with van der Waals surface area (Å²) in [5.41, 5.74) is 2.33. The number of likely N-dealkylation sites (N-methyl/N-ethyl adjacent to an activating group) is 1. The van der Waals surface area contributed by atoms with Crippen molar-refractivity contribution in [1.29, 1.82) is 0 Å². The summed E-state index contributed by atoms with van der Waals surface area (Å²) in [6, 6.07) is 9.04. The van der Waals surface area contributed by atoms with Gasteiger partial charge in [0.1, 0.15) is 0 Å². The molecule has 0 unspecified atom stereocenters. The fourth-order valence-electron chi connectivity index (χ4n) is 3.74. The first-order valence-corrected chi connectivity index (χ1v) is 10.2. The molecule has 5 nitrogen and oxygen atoms in total. The van der Waals surface area contributed by atoms with Crippen LogP contribution in [0.3, 0.4) is 0 Å². The molecule has 0 radical (unpaired) electrons. The zero-order valence-corrected chi connectivity index (χ0v) is 16.9. The molecule has 26 heavy (non-hydrogen) atoms. The first-order chi connectivity index (χ1) is 12.6. The first-order valence-electron chi connectivity index (χ1n) is 9.75. The number of rotatable bonds is 5. The van der Waals surface area contributed by atoms with Gasteiger partial charge in [-0.15, -0.1) is 0 Å². The molecule has 2 heterocycles. The summed E-state index contributed by atoms with van der Waals surface area (Å²) in [7, 11) is 2.27. The van der Waals surface area contributed by atoms with Crippen molar-refractivity contribution in [3.8, 4) is 0 Å². The average Bonchev–Trinajstić information content (AvgIpc) is 2.67. The molecule has 1 N–H and O–H groups in total. The minimum atomic E-state index is 0.661. The van der Waals surface area contributed by atoms with Crippen molar-refractivity contribution < 1.29 is 4.74 Å². The van der Waals surface area contributed by atoms with Crippen molar-refractivity contribution in [2.45, 2.75) is 25.8 Å². The summed E-state index contributed by atoms with van der Waals surface area (Å²) in [5.74, 6) is 0. The van der Waals surface area contributed by atoms with Crippen molar-refractivity contribution in [1.82, 2.24) is 14.7 Å². The molecule has 6 heteroatoms. The predicted molar refractivity (Wildman–Crippen MR) is 112 cm³/mol. The van der Waals surface area contributed by atoms with Gasteiger partial charge in [0.25, 0.3) is 0 Å². The van der Waals surface area contributed by atoms with Crippen molar-refractivity contribution in [3.05, 3.63) is 29.8 Å². The summed E-state index contributed by atoms with van der Waals surface area (Å²) in [6.45, 7) is 10.4. The quantitative estimate of drug-likeness (QED) is 0.795. The van der Waals surface area contributed by atoms with E-state index in [-0.39, 0.29) is 0 Å². The third-order valence-corrected chi connectivity index (χ3v) is 5.88. The van der Waals surface area contributed by atoms with Crippen LogP contribution < -0.4 is 5.32 Å². The van der Waals surface area contributed by atoms with Gasteiger partial charge in [-0.3, -0.25) is 4.90 Å². The summed E-state index contributed by atoms with van der Waals surface area (Å²) >= 11 is 5.62. The Morgan fingerprint density at radius 1 is 1.23 bits per heavy atom. The van der Waals surface area contributed by atoms with Gasteiger partial charge < -0.3 is 19.9 Å². The summed E-state index contributed by atoms with van der Waals surface area (Å²) in [4.78, 5) is 7.35. The molecule has 3 rings (SSSR count). The topological polar surface area (TPSA) is 31.0 Å². The number of aryl methyl sites for hydroxylation is 1. The second-order valence-corrected chi connectivity index (χ2v) is 7.84. The second-order valence-electron chi connectivity index (χ2n) is 7.45. The van der Waals surface area contributed by atoms with Gasteiger partial charge in [0.05, 0.1) is 13.2 Å². The second kappa shape index (κ2) is 9.65. The lowest BCUT2D eigenvalue weighted by Gasteiger charge is -2.38. The predicted octanol–water partition coefficient (Wildman–Crippen LogP) is 2.42. The normalized spacial score (nSPS) is 19.7. The Balaban J connectivity index is 1.39. The van der Waals surface area contributed by atoms with E-state index in [0.717, 1.165) is 63.3 Å². The van der Waals surface area contributed by atoms with E-state index in [1.807, 2.05) is 0 Å². The number of nitrogens with zero attached hydrogens (tertiary/aromatic N) is 3. The van der Waals surface area contributed by atoms with Gasteiger partial charge in [0.15, 0.2) is 5.11 Å². The van der Waals surface area contributed by atoms with E-state index in [2.05, 4.69) is 58.3 Å². The Hall–Kier alpha value is -1.21. The highest BCUT2D eigenvalue weighted by atomic mass is 32.1. The van der Waals surface area contributed by atoms with E-state index in [1.54, 1.807) is 0 Å². The average molecular weight is 377 g/mol. The molecular weight excluding hydrogens is 344 g/mol. The van der Waals surface area contributed by atoms with E-state index < -0.39 is 0 Å². The Morgan fingerprint density at radius 3 is 2.65 bits per heavy atom. The largest absolute Gasteiger partial charge is 0.379 e. The fraction of sp³-hybridized carbons (Fsp3) is 0.650. The highest BCUT2D eigenvalue weighted by Gasteiger charge is 2.24. The molecule has 0 saturated carbocycles. The van der Waals surface area contributed by atoms with Gasteiger partial charge in [-0.05, 0) is 56.7 Å². The molecule has 2 aliphatic rings. The molecule has 0 aromatic heterocycles. The molecule has 2 aliphatic heterocycles. The van der Waals surface area contributed by atoms with Crippen LogP contribution in [0.4, 0.5) is 5.69 Å². The zero-order chi connectivity index (χ0) is 18.4. The third kappa shape index (κ3) is 5.64. The van der Waals surface area contributed by atoms with Crippen LogP contribution in [-0.2, 0) is 4.74 Å². The molecule has 0 atom stereocenters. The van der Waals surface area contributed by atoms with Crippen LogP contribution in [0.5, 0.6) is 0 Å². The van der Waals surface area contributed by atoms with Crippen molar-refractivity contribution in [2.75, 3.05) is 64.8 Å². The standard InChI is InChI=1S/C20H32N4OS/c1-17-4-3-5-18(16-17)21-20(26)24-8-6-19(7-9-24)22(2)10-11-23-12-14-25-15-13-23/h3-5,16,19H,6-15H2,1-2H3,(H,21,26). The maximum absolute atomic E-state index is 5.62. The lowest BCUT2D eigenvalue weighted by atomic mass is 10.0. The van der Waals surface area contributed by atoms with Crippen LogP contribution >= 0.6 is 12.2 Å². The number of benzene rings is 1. The number of likely N-dealkylation sites (tertiary alicyclic amines) is 1. The maximum atomic E-state index is 5.62. The highest BCUT2D eigenvalue weighted by molar-refractivity contribution is 7.80. The fourth-order valence-corrected chi connectivity index (χ4v) is 4.04. The van der Waals surface area contributed by atoms with Crippen LogP contribution in [0.1, 0.15) is 18.4 Å². The van der Waals surface area contributed by atoms with E-state index in [9.17, 15) is 0 Å². The lowest BCUT2D eigenvalue weighted by Crippen LogP contribution is -2.48. The summed E-state index contributed by atoms with van der Waals surface area (Å²) < 4.78 is 5.43. The van der Waals surface area contributed by atoms with Crippen LogP contribution in [-0.4, -0.2) is 85.4 Å². The van der Waals surface area contributed by atoms with Crippen molar-refractivity contribution >= 4 is 23.0 Å². The van der Waals surface area contributed by atoms with E-state index in [4.69, 9.17) is 17.0 Å². The van der Waals surface area contributed by atoms with Gasteiger partial charge in [0.2, 0.25) is 0 Å². The number of anilines is 1. The lowest BCUT2D eigenvalue weighted by molar-refractivity contribution is 0.0311. The smallest absolute Gasteiger partial charge is 0.173 e. The van der Waals surface area contributed by atoms with Gasteiger partial charge in [0, 0.05) is 51.0 Å². The Labute approximate surface area is 163 Å². The molecular formula is C20H32N4OS. The Bertz CT molecular complexity index is 583. The molecule has 144 valence electrons. The minimum absolute atomic E-state index is 0.661. The Morgan fingerprint density at radius 2 is 1.96 bits per heavy atom. The first kappa shape index (κ1) is 19.5. The maximum Gasteiger partial charge on any atom is 0.173 e. The number of nitrogens with one attached hydrogen (secondary N) is 1. The monoisotopic (exact) mass is 376 g/mol. The molecule has 1 aromatic carbocycles. The minimum Gasteiger partial charge on any atom is -0.379 e. The molecule has 2 saturated heterocycles. The molecule has 0 spiro atoms. The molecule has 0 bridgehead atoms. The molecule has 0 aliphatic carbocycles. The van der Waals surface area contributed by atoms with E-state index >= 15 is 0 Å². The van der Waals surface area contributed by atoms with Gasteiger partial charge in [-0.1, -0.05) is 12.1 Å². The number of morpholine rings is 1. The van der Waals surface area contributed by atoms with Crippen LogP contribution in [0, 0.1) is 6.92 Å². The van der Waals surface area contributed by atoms with Crippen LogP contribution in [0.25, 0.3) is 0 Å². The van der Waals surface area contributed by atoms with Gasteiger partial charge in [-0.25, -0.2) is 0 Å². The van der Waals surface area contributed by atoms with Crippen LogP contribution in [0.2, 0.25) is 0 Å². The number of piperidine rings is 1. The number of ether oxygens (including phenoxy) is 1. The van der Waals surface area contributed by atoms with Crippen LogP contribution in [0.15, 0.2) is 24.3 Å². The third-order valence-electron chi connectivity index (χ3n) is 5.52. The molecule has 2 fully saturated rings. The highest BCUT2D eigenvalue weighted by Crippen LogP contribution is 2.17. The van der Waals surface area contributed by atoms with Crippen molar-refractivity contribution in [2.24, 2.45) is 0 Å². The van der Waals surface area contributed by atoms with E-state index in [1.165, 1.54) is 18.4 Å². The molecule has 0 amide bonds. The summed E-state index contributed by atoms with van der Waals surface area (Å²) in [5, 5.41) is 4.24. The Kier molecular flexibility index (Phi) is 7.25. The molecule has 1 aromatic rings. The zero-order valence-electron chi connectivity index (χ0n) is 16.1. The van der Waals surface area contributed by atoms with Gasteiger partial charge in [-0.2, -0.15) is 0 Å². The number of hydrogen-bond acceptors (Lipinski definition) is 4. The van der Waals surface area contributed by atoms with Crippen molar-refractivity contribution in [3.63, 3.8) is 0 Å². The van der Waals surface area contributed by atoms with Gasteiger partial charge >= 0.3 is 0 Å².